The van der Waals surface area contributed by atoms with Gasteiger partial charge >= 0.3 is 0 Å². The van der Waals surface area contributed by atoms with Gasteiger partial charge in [-0.3, -0.25) is 4.79 Å². The fourth-order valence-corrected chi connectivity index (χ4v) is 3.78. The van der Waals surface area contributed by atoms with Crippen LogP contribution in [0.5, 0.6) is 0 Å². The predicted molar refractivity (Wildman–Crippen MR) is 73.7 cm³/mol. The van der Waals surface area contributed by atoms with E-state index in [1.165, 1.54) is 0 Å². The summed E-state index contributed by atoms with van der Waals surface area (Å²) in [6.45, 7) is 5.26. The predicted octanol–water partition coefficient (Wildman–Crippen LogP) is 0.349. The molecule has 1 aliphatic carbocycles. The molecule has 0 unspecified atom stereocenters. The van der Waals surface area contributed by atoms with Crippen molar-refractivity contribution in [2.24, 2.45) is 16.1 Å². The fraction of sp³-hybridized carbons (Fsp3) is 0.786. The van der Waals surface area contributed by atoms with Crippen molar-refractivity contribution in [1.29, 1.82) is 0 Å². The third kappa shape index (κ3) is 1.81. The molecule has 4 atom stereocenters. The number of carbonyl (C=O) groups is 1. The van der Waals surface area contributed by atoms with Crippen LogP contribution in [-0.4, -0.2) is 66.6 Å². The summed E-state index contributed by atoms with van der Waals surface area (Å²) in [6.07, 6.45) is 1.55. The number of aliphatic hydroxyl groups excluding tert-OH is 1. The second-order valence-electron chi connectivity index (χ2n) is 5.91. The van der Waals surface area contributed by atoms with Gasteiger partial charge in [0.05, 0.1) is 30.9 Å². The lowest BCUT2D eigenvalue weighted by Crippen LogP contribution is -2.65. The first-order valence-corrected chi connectivity index (χ1v) is 7.23. The molecule has 0 aromatic carbocycles. The number of carbonyl (C=O) groups excluding carboxylic acids is 1. The average molecular weight is 295 g/mol. The van der Waals surface area contributed by atoms with Crippen molar-refractivity contribution in [2.45, 2.75) is 31.2 Å². The van der Waals surface area contributed by atoms with Gasteiger partial charge in [0.25, 0.3) is 0 Å². The van der Waals surface area contributed by atoms with E-state index >= 15 is 0 Å². The minimum absolute atomic E-state index is 0.0115. The topological polar surface area (TPSA) is 83.7 Å². The Morgan fingerprint density at radius 1 is 1.62 bits per heavy atom. The summed E-state index contributed by atoms with van der Waals surface area (Å²) in [5, 5.41) is 17.7. The van der Waals surface area contributed by atoms with Gasteiger partial charge in [0.1, 0.15) is 0 Å². The summed E-state index contributed by atoms with van der Waals surface area (Å²) in [5.41, 5.74) is -0.266. The molecular formula is C14H21N3O4. The Morgan fingerprint density at radius 2 is 2.38 bits per heavy atom. The second kappa shape index (κ2) is 4.86. The van der Waals surface area contributed by atoms with Gasteiger partial charge in [0, 0.05) is 26.3 Å². The number of hydrogen-bond acceptors (Lipinski definition) is 7. The smallest absolute Gasteiger partial charge is 0.217 e. The van der Waals surface area contributed by atoms with E-state index in [2.05, 4.69) is 10.2 Å². The van der Waals surface area contributed by atoms with Crippen LogP contribution in [0.2, 0.25) is 0 Å². The van der Waals surface area contributed by atoms with Gasteiger partial charge in [-0.15, -0.1) is 0 Å². The Bertz CT molecular complexity index is 518. The van der Waals surface area contributed by atoms with E-state index in [0.29, 0.717) is 25.4 Å². The van der Waals surface area contributed by atoms with E-state index in [1.807, 2.05) is 11.8 Å². The highest BCUT2D eigenvalue weighted by Gasteiger charge is 2.65. The number of ketones is 1. The molecule has 0 amide bonds. The minimum Gasteiger partial charge on any atom is -0.395 e. The lowest BCUT2D eigenvalue weighted by Gasteiger charge is -2.52. The van der Waals surface area contributed by atoms with Crippen molar-refractivity contribution < 1.29 is 19.4 Å². The zero-order chi connectivity index (χ0) is 15.3. The Balaban J connectivity index is 2.12. The molecule has 0 saturated carbocycles. The van der Waals surface area contributed by atoms with E-state index in [9.17, 15) is 9.90 Å². The number of aliphatic hydroxyl groups is 1. The van der Waals surface area contributed by atoms with Crippen LogP contribution in [0.25, 0.3) is 0 Å². The Hall–Kier alpha value is -1.31. The molecule has 2 heterocycles. The molecule has 7 heteroatoms. The van der Waals surface area contributed by atoms with Gasteiger partial charge < -0.3 is 19.5 Å². The monoisotopic (exact) mass is 295 g/mol. The number of β-amino-alcohol motifs (C(OH)–C–C–N with tert-alkyl or cyclic N) is 1. The third-order valence-corrected chi connectivity index (χ3v) is 4.76. The number of ether oxygens (including phenoxy) is 2. The highest BCUT2D eigenvalue weighted by molar-refractivity contribution is 6.00. The van der Waals surface area contributed by atoms with Crippen molar-refractivity contribution in [3.8, 4) is 0 Å². The standard InChI is InChI=1S/C14H21N3O4/c1-9-12-13(2,16-15-9)11(19)8-10-14(12,20-3)21-7-5-17(10)4-6-18/h8-9,12,18H,4-7H2,1-3H3/t9-,12+,13-,14+/m1/s1. The van der Waals surface area contributed by atoms with Gasteiger partial charge in [-0.2, -0.15) is 10.2 Å². The lowest BCUT2D eigenvalue weighted by molar-refractivity contribution is -0.267. The van der Waals surface area contributed by atoms with E-state index in [-0.39, 0.29) is 24.3 Å². The third-order valence-electron chi connectivity index (χ3n) is 4.76. The minimum atomic E-state index is -1.03. The molecule has 0 aromatic rings. The molecule has 2 aliphatic heterocycles. The average Bonchev–Trinajstić information content (AvgIpc) is 2.79. The molecule has 7 nitrogen and oxygen atoms in total. The van der Waals surface area contributed by atoms with Crippen molar-refractivity contribution in [3.63, 3.8) is 0 Å². The highest BCUT2D eigenvalue weighted by Crippen LogP contribution is 2.51. The molecule has 3 rings (SSSR count). The molecule has 3 aliphatic rings. The quantitative estimate of drug-likeness (QED) is 0.812. The summed E-state index contributed by atoms with van der Waals surface area (Å²) in [5.74, 6) is -1.42. The van der Waals surface area contributed by atoms with Crippen molar-refractivity contribution >= 4 is 5.78 Å². The maximum absolute atomic E-state index is 12.6. The van der Waals surface area contributed by atoms with E-state index in [4.69, 9.17) is 9.47 Å². The van der Waals surface area contributed by atoms with Crippen LogP contribution >= 0.6 is 0 Å². The van der Waals surface area contributed by atoms with Crippen molar-refractivity contribution in [2.75, 3.05) is 33.4 Å². The van der Waals surface area contributed by atoms with Gasteiger partial charge in [-0.05, 0) is 13.8 Å². The van der Waals surface area contributed by atoms with Gasteiger partial charge in [0.2, 0.25) is 5.79 Å². The van der Waals surface area contributed by atoms with E-state index in [1.54, 1.807) is 20.1 Å². The van der Waals surface area contributed by atoms with Gasteiger partial charge in [-0.25, -0.2) is 0 Å². The van der Waals surface area contributed by atoms with E-state index < -0.39 is 11.3 Å². The molecule has 1 fully saturated rings. The maximum atomic E-state index is 12.6. The van der Waals surface area contributed by atoms with Crippen molar-refractivity contribution in [1.82, 2.24) is 4.90 Å². The summed E-state index contributed by atoms with van der Waals surface area (Å²) >= 11 is 0. The summed E-state index contributed by atoms with van der Waals surface area (Å²) in [4.78, 5) is 14.5. The number of hydrogen-bond donors (Lipinski definition) is 1. The molecular weight excluding hydrogens is 274 g/mol. The largest absolute Gasteiger partial charge is 0.395 e. The highest BCUT2D eigenvalue weighted by atomic mass is 16.7. The summed E-state index contributed by atoms with van der Waals surface area (Å²) < 4.78 is 11.8. The molecule has 0 aromatic heterocycles. The van der Waals surface area contributed by atoms with Gasteiger partial charge in [-0.1, -0.05) is 0 Å². The van der Waals surface area contributed by atoms with Crippen LogP contribution in [0.15, 0.2) is 22.0 Å². The van der Waals surface area contributed by atoms with Crippen LogP contribution in [-0.2, 0) is 14.3 Å². The first-order chi connectivity index (χ1) is 9.99. The number of nitrogens with zero attached hydrogens (tertiary/aromatic N) is 3. The number of methoxy groups -OCH3 is 1. The van der Waals surface area contributed by atoms with E-state index in [0.717, 1.165) is 0 Å². The van der Waals surface area contributed by atoms with Crippen LogP contribution in [0.4, 0.5) is 0 Å². The SMILES string of the molecule is CO[C@]12OCCN(CCO)C1=CC(=O)[C@@]1(C)N=N[C@H](C)[C@H]21. The summed E-state index contributed by atoms with van der Waals surface area (Å²) in [7, 11) is 1.58. The lowest BCUT2D eigenvalue weighted by atomic mass is 9.69. The molecule has 0 spiro atoms. The molecule has 0 bridgehead atoms. The number of rotatable bonds is 3. The first kappa shape index (κ1) is 14.6. The molecule has 116 valence electrons. The molecule has 1 N–H and O–H groups in total. The number of azo groups is 1. The van der Waals surface area contributed by atoms with Crippen LogP contribution in [0.1, 0.15) is 13.8 Å². The normalized spacial score (nSPS) is 41.8. The molecule has 21 heavy (non-hydrogen) atoms. The summed E-state index contributed by atoms with van der Waals surface area (Å²) in [6, 6.07) is -0.170. The Morgan fingerprint density at radius 3 is 3.05 bits per heavy atom. The van der Waals surface area contributed by atoms with Crippen molar-refractivity contribution in [3.05, 3.63) is 11.8 Å². The number of fused-ring (bicyclic) bond motifs is 3. The zero-order valence-electron chi connectivity index (χ0n) is 12.6. The molecule has 1 saturated heterocycles. The van der Waals surface area contributed by atoms with Crippen LogP contribution < -0.4 is 0 Å². The van der Waals surface area contributed by atoms with Crippen LogP contribution in [0, 0.1) is 5.92 Å². The molecule has 0 radical (unpaired) electrons. The van der Waals surface area contributed by atoms with Gasteiger partial charge in [0.15, 0.2) is 11.3 Å². The Kier molecular flexibility index (Phi) is 3.38. The first-order valence-electron chi connectivity index (χ1n) is 7.23. The fourth-order valence-electron chi connectivity index (χ4n) is 3.78. The Labute approximate surface area is 123 Å². The zero-order valence-corrected chi connectivity index (χ0v) is 12.6. The maximum Gasteiger partial charge on any atom is 0.217 e. The van der Waals surface area contributed by atoms with Crippen LogP contribution in [0.3, 0.4) is 0 Å². The number of morpholine rings is 1. The second-order valence-corrected chi connectivity index (χ2v) is 5.91.